The van der Waals surface area contributed by atoms with Gasteiger partial charge in [0, 0.05) is 11.9 Å². The molecule has 8 heavy (non-hydrogen) atoms. The van der Waals surface area contributed by atoms with Gasteiger partial charge in [-0.2, -0.15) is 25.3 Å². The Morgan fingerprint density at radius 1 is 1.50 bits per heavy atom. The topological polar surface area (TPSA) is 40.1 Å². The molecule has 0 aliphatic heterocycles. The van der Waals surface area contributed by atoms with Crippen molar-refractivity contribution in [2.45, 2.75) is 0 Å². The van der Waals surface area contributed by atoms with Crippen molar-refractivity contribution in [3.63, 3.8) is 0 Å². The SMILES string of the molecule is O=C([O-])C(CS)CS. The van der Waals surface area contributed by atoms with Gasteiger partial charge in [-0.05, 0) is 11.5 Å². The van der Waals surface area contributed by atoms with Crippen LogP contribution < -0.4 is 5.11 Å². The van der Waals surface area contributed by atoms with Gasteiger partial charge in [-0.25, -0.2) is 0 Å². The average Bonchev–Trinajstić information content (AvgIpc) is 1.69. The summed E-state index contributed by atoms with van der Waals surface area (Å²) in [6.07, 6.45) is 0. The van der Waals surface area contributed by atoms with Crippen LogP contribution in [0.15, 0.2) is 0 Å². The van der Waals surface area contributed by atoms with Gasteiger partial charge in [0.25, 0.3) is 0 Å². The maximum atomic E-state index is 9.95. The van der Waals surface area contributed by atoms with Crippen LogP contribution in [0.1, 0.15) is 0 Å². The van der Waals surface area contributed by atoms with E-state index in [-0.39, 0.29) is 0 Å². The van der Waals surface area contributed by atoms with Crippen molar-refractivity contribution in [3.8, 4) is 0 Å². The highest BCUT2D eigenvalue weighted by Crippen LogP contribution is 1.98. The van der Waals surface area contributed by atoms with E-state index in [2.05, 4.69) is 25.3 Å². The molecule has 0 aromatic heterocycles. The minimum atomic E-state index is -1.07. The lowest BCUT2D eigenvalue weighted by molar-refractivity contribution is -0.309. The van der Waals surface area contributed by atoms with Crippen LogP contribution in [0.25, 0.3) is 0 Å². The number of hydrogen-bond acceptors (Lipinski definition) is 4. The molecule has 0 N–H and O–H groups in total. The van der Waals surface area contributed by atoms with E-state index in [9.17, 15) is 9.90 Å². The standard InChI is InChI=1S/C4H8O2S2/c5-4(6)3(1-7)2-8/h3,7-8H,1-2H2,(H,5,6)/p-1. The molecule has 0 aliphatic rings. The molecule has 0 atom stereocenters. The number of rotatable bonds is 3. The van der Waals surface area contributed by atoms with Crippen molar-refractivity contribution in [3.05, 3.63) is 0 Å². The van der Waals surface area contributed by atoms with Crippen molar-refractivity contribution < 1.29 is 9.90 Å². The normalized spacial score (nSPS) is 9.88. The van der Waals surface area contributed by atoms with E-state index in [1.807, 2.05) is 0 Å². The molecular formula is C4H7O2S2-. The Morgan fingerprint density at radius 2 is 1.88 bits per heavy atom. The highest BCUT2D eigenvalue weighted by molar-refractivity contribution is 7.81. The molecule has 0 aliphatic carbocycles. The molecule has 0 aromatic carbocycles. The summed E-state index contributed by atoms with van der Waals surface area (Å²) in [5.74, 6) is -0.992. The molecule has 0 saturated carbocycles. The van der Waals surface area contributed by atoms with Crippen LogP contribution in [-0.2, 0) is 4.79 Å². The van der Waals surface area contributed by atoms with E-state index < -0.39 is 11.9 Å². The summed E-state index contributed by atoms with van der Waals surface area (Å²) in [7, 11) is 0. The van der Waals surface area contributed by atoms with Crippen molar-refractivity contribution in [1.82, 2.24) is 0 Å². The third-order valence-corrected chi connectivity index (χ3v) is 1.66. The number of carboxylic acid groups (broad SMARTS) is 1. The number of carboxylic acids is 1. The molecule has 2 nitrogen and oxygen atoms in total. The molecule has 0 unspecified atom stereocenters. The minimum Gasteiger partial charge on any atom is -0.550 e. The first-order valence-corrected chi connectivity index (χ1v) is 3.41. The lowest BCUT2D eigenvalue weighted by atomic mass is 10.2. The fourth-order valence-corrected chi connectivity index (χ4v) is 0.967. The van der Waals surface area contributed by atoms with Gasteiger partial charge in [0.05, 0.1) is 0 Å². The molecule has 0 aromatic rings. The molecule has 4 heteroatoms. The van der Waals surface area contributed by atoms with Crippen LogP contribution in [0.5, 0.6) is 0 Å². The first-order valence-electron chi connectivity index (χ1n) is 2.15. The van der Waals surface area contributed by atoms with E-state index in [4.69, 9.17) is 0 Å². The second-order valence-electron chi connectivity index (χ2n) is 1.38. The van der Waals surface area contributed by atoms with Crippen LogP contribution in [0.4, 0.5) is 0 Å². The van der Waals surface area contributed by atoms with Gasteiger partial charge in [0.15, 0.2) is 0 Å². The summed E-state index contributed by atoms with van der Waals surface area (Å²) in [5.41, 5.74) is 0. The summed E-state index contributed by atoms with van der Waals surface area (Å²) in [4.78, 5) is 9.95. The summed E-state index contributed by atoms with van der Waals surface area (Å²) in [6.45, 7) is 0. The lowest BCUT2D eigenvalue weighted by Crippen LogP contribution is -2.33. The molecule has 0 fully saturated rings. The molecule has 48 valence electrons. The Balaban J connectivity index is 3.52. The molecule has 0 spiro atoms. The van der Waals surface area contributed by atoms with Crippen molar-refractivity contribution in [2.24, 2.45) is 5.92 Å². The maximum Gasteiger partial charge on any atom is 0.0461 e. The lowest BCUT2D eigenvalue weighted by Gasteiger charge is -2.10. The van der Waals surface area contributed by atoms with E-state index in [1.165, 1.54) is 0 Å². The number of carbonyl (C=O) groups excluding carboxylic acids is 1. The Morgan fingerprint density at radius 3 is 1.88 bits per heavy atom. The molecule has 0 saturated heterocycles. The van der Waals surface area contributed by atoms with E-state index in [0.717, 1.165) is 0 Å². The van der Waals surface area contributed by atoms with E-state index >= 15 is 0 Å². The molecular weight excluding hydrogens is 144 g/mol. The zero-order valence-electron chi connectivity index (χ0n) is 4.20. The second kappa shape index (κ2) is 4.09. The van der Waals surface area contributed by atoms with Gasteiger partial charge in [0.2, 0.25) is 0 Å². The number of aliphatic carboxylic acids is 1. The highest BCUT2D eigenvalue weighted by Gasteiger charge is 2.02. The largest absolute Gasteiger partial charge is 0.550 e. The van der Waals surface area contributed by atoms with Gasteiger partial charge in [-0.15, -0.1) is 0 Å². The highest BCUT2D eigenvalue weighted by atomic mass is 32.1. The van der Waals surface area contributed by atoms with Gasteiger partial charge < -0.3 is 9.90 Å². The quantitative estimate of drug-likeness (QED) is 0.519. The van der Waals surface area contributed by atoms with Gasteiger partial charge >= 0.3 is 0 Å². The fraction of sp³-hybridized carbons (Fsp3) is 0.750. The predicted molar refractivity (Wildman–Crippen MR) is 36.2 cm³/mol. The Labute approximate surface area is 59.1 Å². The predicted octanol–water partition coefficient (Wildman–Crippen LogP) is -0.788. The number of carbonyl (C=O) groups is 1. The minimum absolute atomic E-state index is 0.297. The fourth-order valence-electron chi connectivity index (χ4n) is 0.207. The van der Waals surface area contributed by atoms with Crippen LogP contribution >= 0.6 is 25.3 Å². The summed E-state index contributed by atoms with van der Waals surface area (Å²) in [6, 6.07) is 0. The Kier molecular flexibility index (Phi) is 4.18. The van der Waals surface area contributed by atoms with Gasteiger partial charge in [-0.3, -0.25) is 0 Å². The van der Waals surface area contributed by atoms with E-state index in [1.54, 1.807) is 0 Å². The van der Waals surface area contributed by atoms with Crippen LogP contribution in [0, 0.1) is 5.92 Å². The van der Waals surface area contributed by atoms with Crippen LogP contribution in [0.2, 0.25) is 0 Å². The van der Waals surface area contributed by atoms with Crippen LogP contribution in [0.3, 0.4) is 0 Å². The summed E-state index contributed by atoms with van der Waals surface area (Å²) < 4.78 is 0. The molecule has 0 bridgehead atoms. The second-order valence-corrected chi connectivity index (χ2v) is 2.11. The Hall–Kier alpha value is 0.170. The third kappa shape index (κ3) is 2.47. The van der Waals surface area contributed by atoms with Gasteiger partial charge in [-0.1, -0.05) is 0 Å². The van der Waals surface area contributed by atoms with Crippen molar-refractivity contribution in [2.75, 3.05) is 11.5 Å². The van der Waals surface area contributed by atoms with E-state index in [0.29, 0.717) is 11.5 Å². The first kappa shape index (κ1) is 8.17. The number of hydrogen-bond donors (Lipinski definition) is 2. The maximum absolute atomic E-state index is 9.95. The van der Waals surface area contributed by atoms with Gasteiger partial charge in [0.1, 0.15) is 0 Å². The van der Waals surface area contributed by atoms with Crippen LogP contribution in [-0.4, -0.2) is 17.5 Å². The first-order chi connectivity index (χ1) is 3.72. The number of thiol groups is 2. The van der Waals surface area contributed by atoms with Crippen molar-refractivity contribution >= 4 is 31.2 Å². The Bertz CT molecular complexity index is 80.1. The monoisotopic (exact) mass is 151 g/mol. The molecule has 0 rings (SSSR count). The average molecular weight is 151 g/mol. The molecule has 0 amide bonds. The zero-order chi connectivity index (χ0) is 6.57. The summed E-state index contributed by atoms with van der Waals surface area (Å²) in [5, 5.41) is 9.95. The third-order valence-electron chi connectivity index (χ3n) is 0.774. The van der Waals surface area contributed by atoms with Crippen molar-refractivity contribution in [1.29, 1.82) is 0 Å². The summed E-state index contributed by atoms with van der Waals surface area (Å²) >= 11 is 7.53. The smallest absolute Gasteiger partial charge is 0.0461 e. The zero-order valence-corrected chi connectivity index (χ0v) is 5.99. The molecule has 0 heterocycles. The molecule has 0 radical (unpaired) electrons.